The molecule has 0 atom stereocenters. The summed E-state index contributed by atoms with van der Waals surface area (Å²) < 4.78 is 0. The predicted octanol–water partition coefficient (Wildman–Crippen LogP) is 12.2. The molecule has 1 aromatic rings. The Kier molecular flexibility index (Phi) is 20.5. The van der Waals surface area contributed by atoms with E-state index in [-0.39, 0.29) is 91.2 Å². The van der Waals surface area contributed by atoms with Crippen molar-refractivity contribution in [2.45, 2.75) is 342 Å². The van der Waals surface area contributed by atoms with Gasteiger partial charge in [-0.25, -0.2) is 0 Å². The molecule has 0 aliphatic carbocycles. The minimum Gasteiger partial charge on any atom is -0.349 e. The number of nitrogens with one attached hydrogen (secondary N) is 5. The average Bonchev–Trinajstić information content (AvgIpc) is 3.16. The van der Waals surface area contributed by atoms with Gasteiger partial charge in [0.1, 0.15) is 0 Å². The first-order valence-electron chi connectivity index (χ1n) is 30.7. The zero-order valence-electron chi connectivity index (χ0n) is 54.1. The van der Waals surface area contributed by atoms with E-state index in [4.69, 9.17) is 15.0 Å². The second-order valence-corrected chi connectivity index (χ2v) is 32.5. The van der Waals surface area contributed by atoms with Crippen molar-refractivity contribution >= 4 is 29.7 Å². The lowest BCUT2D eigenvalue weighted by atomic mass is 9.79. The van der Waals surface area contributed by atoms with Crippen molar-refractivity contribution in [2.75, 3.05) is 41.3 Å². The van der Waals surface area contributed by atoms with Gasteiger partial charge >= 0.3 is 0 Å². The molecule has 0 bridgehead atoms. The van der Waals surface area contributed by atoms with Crippen LogP contribution in [0.25, 0.3) is 0 Å². The van der Waals surface area contributed by atoms with E-state index in [9.17, 15) is 9.59 Å². The number of hydrogen-bond donors (Lipinski definition) is 5. The van der Waals surface area contributed by atoms with Crippen molar-refractivity contribution in [3.8, 4) is 0 Å². The summed E-state index contributed by atoms with van der Waals surface area (Å²) in [5, 5.41) is 19.5. The van der Waals surface area contributed by atoms with Crippen molar-refractivity contribution in [1.82, 2.24) is 46.0 Å². The predicted molar refractivity (Wildman–Crippen MR) is 325 cm³/mol. The van der Waals surface area contributed by atoms with E-state index in [0.717, 1.165) is 147 Å². The lowest BCUT2D eigenvalue weighted by Gasteiger charge is -2.50. The van der Waals surface area contributed by atoms with Crippen molar-refractivity contribution in [3.05, 3.63) is 0 Å². The second-order valence-electron chi connectivity index (χ2n) is 32.5. The molecular weight excluding hydrogens is 957 g/mol. The van der Waals surface area contributed by atoms with Crippen LogP contribution in [0.3, 0.4) is 0 Å². The zero-order chi connectivity index (χ0) is 58.0. The largest absolute Gasteiger partial charge is 0.349 e. The lowest BCUT2D eigenvalue weighted by Crippen LogP contribution is -2.63. The lowest BCUT2D eigenvalue weighted by molar-refractivity contribution is -0.134. The van der Waals surface area contributed by atoms with E-state index in [1.54, 1.807) is 13.8 Å². The summed E-state index contributed by atoms with van der Waals surface area (Å²) in [7, 11) is 0. The van der Waals surface area contributed by atoms with E-state index < -0.39 is 0 Å². The van der Waals surface area contributed by atoms with Gasteiger partial charge in [-0.15, -0.1) is 0 Å². The Balaban J connectivity index is 1.46. The smallest absolute Gasteiger partial charge is 0.232 e. The average molecular weight is 1080 g/mol. The van der Waals surface area contributed by atoms with Crippen LogP contribution in [0.15, 0.2) is 0 Å². The quantitative estimate of drug-likeness (QED) is 0.0665. The molecule has 0 aromatic carbocycles. The fourth-order valence-corrected chi connectivity index (χ4v) is 16.2. The summed E-state index contributed by atoms with van der Waals surface area (Å²) in [5.74, 6) is 2.57. The molecule has 0 unspecified atom stereocenters. The Morgan fingerprint density at radius 2 is 0.688 bits per heavy atom. The first-order chi connectivity index (χ1) is 35.0. The molecule has 2 amide bonds. The van der Waals surface area contributed by atoms with Crippen molar-refractivity contribution < 1.29 is 9.59 Å². The number of anilines is 3. The SMILES string of the molecule is CC(=O)N(CCCCCCN(c1nc(NC(C)(C)CC(C)(C)C)nc(N(CCCCCCN(C(C)=O)C2CC(C)(C)NC(C)(C)C2)C2CC(C)(C)NC(C)(C)C2)n1)C1CC(C)(C)NC(C)(C)C1)C1CC(C)(C)NC(C)(C)C1. The summed E-state index contributed by atoms with van der Waals surface area (Å²) in [5.41, 5.74) is -0.573. The molecule has 0 saturated carbocycles. The third-order valence-electron chi connectivity index (χ3n) is 16.9. The fraction of sp³-hybridized carbons (Fsp3) is 0.921. The van der Waals surface area contributed by atoms with Gasteiger partial charge in [-0.2, -0.15) is 15.0 Å². The van der Waals surface area contributed by atoms with Crippen LogP contribution in [0.5, 0.6) is 0 Å². The van der Waals surface area contributed by atoms with E-state index in [1.165, 1.54) is 0 Å². The first kappa shape index (κ1) is 65.0. The number of carbonyl (C=O) groups excluding carboxylic acids is 2. The molecule has 4 aliphatic rings. The highest BCUT2D eigenvalue weighted by atomic mass is 16.2. The monoisotopic (exact) mass is 1080 g/mol. The number of amides is 2. The molecule has 5 rings (SSSR count). The van der Waals surface area contributed by atoms with Gasteiger partial charge in [0.25, 0.3) is 0 Å². The minimum atomic E-state index is -0.276. The van der Waals surface area contributed by atoms with Gasteiger partial charge in [0, 0.05) is 114 Å². The molecule has 4 saturated heterocycles. The molecule has 1 aromatic heterocycles. The molecule has 4 aliphatic heterocycles. The van der Waals surface area contributed by atoms with Crippen LogP contribution >= 0.6 is 0 Å². The maximum absolute atomic E-state index is 13.2. The Bertz CT molecular complexity index is 1910. The molecule has 77 heavy (non-hydrogen) atoms. The van der Waals surface area contributed by atoms with Crippen LogP contribution in [-0.4, -0.2) is 137 Å². The highest BCUT2D eigenvalue weighted by Gasteiger charge is 2.45. The van der Waals surface area contributed by atoms with Gasteiger partial charge in [-0.3, -0.25) is 9.59 Å². The third kappa shape index (κ3) is 20.6. The Morgan fingerprint density at radius 1 is 0.429 bits per heavy atom. The number of piperidine rings is 4. The van der Waals surface area contributed by atoms with Crippen LogP contribution in [0, 0.1) is 5.41 Å². The van der Waals surface area contributed by atoms with Gasteiger partial charge in [0.05, 0.1) is 0 Å². The summed E-state index contributed by atoms with van der Waals surface area (Å²) in [6, 6.07) is 0.915. The van der Waals surface area contributed by atoms with Crippen LogP contribution in [0.4, 0.5) is 17.8 Å². The van der Waals surface area contributed by atoms with Crippen LogP contribution in [0.2, 0.25) is 0 Å². The highest BCUT2D eigenvalue weighted by Crippen LogP contribution is 2.39. The normalized spacial score (nSPS) is 23.3. The Labute approximate surface area is 472 Å². The van der Waals surface area contributed by atoms with Crippen LogP contribution in [-0.2, 0) is 9.59 Å². The minimum absolute atomic E-state index is 0.0190. The van der Waals surface area contributed by atoms with Gasteiger partial charge in [0.2, 0.25) is 29.7 Å². The van der Waals surface area contributed by atoms with Crippen molar-refractivity contribution in [2.24, 2.45) is 5.41 Å². The van der Waals surface area contributed by atoms with Gasteiger partial charge in [0.15, 0.2) is 0 Å². The number of aromatic nitrogens is 3. The van der Waals surface area contributed by atoms with Crippen LogP contribution < -0.4 is 36.4 Å². The van der Waals surface area contributed by atoms with E-state index >= 15 is 0 Å². The second kappa shape index (κ2) is 24.3. The van der Waals surface area contributed by atoms with E-state index in [0.29, 0.717) is 5.95 Å². The molecule has 5 N–H and O–H groups in total. The standard InChI is InChI=1S/C63H120N12O2/c1-45(76)72(47-36-55(6,7)68-56(8,9)37-47)32-28-24-26-30-34-74(49-40-59(14,15)70-60(16,17)41-49)52-64-51(67-63(22,23)44-54(3,4)5)65-53(66-52)75(50-42-61(18,19)71-62(20,21)43-50)35-31-27-25-29-33-73(46(2)77)48-38-57(10,11)69-58(12,13)39-48/h47-50,68-71H,24-44H2,1-23H3,(H,64,65,66,67). The topological polar surface area (TPSA) is 146 Å². The molecule has 444 valence electrons. The number of carbonyl (C=O) groups is 2. The summed E-state index contributed by atoms with van der Waals surface area (Å²) in [6.07, 6.45) is 16.9. The summed E-state index contributed by atoms with van der Waals surface area (Å²) in [6.45, 7) is 55.3. The molecular formula is C63H120N12O2. The van der Waals surface area contributed by atoms with Gasteiger partial charge in [-0.1, -0.05) is 46.5 Å². The molecule has 0 spiro atoms. The summed E-state index contributed by atoms with van der Waals surface area (Å²) in [4.78, 5) is 52.6. The maximum atomic E-state index is 13.2. The molecule has 4 fully saturated rings. The third-order valence-corrected chi connectivity index (χ3v) is 16.9. The number of hydrogen-bond acceptors (Lipinski definition) is 12. The molecule has 14 nitrogen and oxygen atoms in total. The Morgan fingerprint density at radius 3 is 0.948 bits per heavy atom. The first-order valence-corrected chi connectivity index (χ1v) is 30.7. The van der Waals surface area contributed by atoms with Crippen molar-refractivity contribution in [1.29, 1.82) is 0 Å². The number of nitrogens with zero attached hydrogens (tertiary/aromatic N) is 7. The van der Waals surface area contributed by atoms with E-state index in [2.05, 4.69) is 192 Å². The van der Waals surface area contributed by atoms with Gasteiger partial charge in [-0.05, 0) is 214 Å². The van der Waals surface area contributed by atoms with Gasteiger partial charge < -0.3 is 46.2 Å². The molecule has 0 radical (unpaired) electrons. The summed E-state index contributed by atoms with van der Waals surface area (Å²) >= 11 is 0. The maximum Gasteiger partial charge on any atom is 0.232 e. The molecule has 5 heterocycles. The number of rotatable bonds is 23. The van der Waals surface area contributed by atoms with Crippen molar-refractivity contribution in [3.63, 3.8) is 0 Å². The van der Waals surface area contributed by atoms with Crippen LogP contribution in [0.1, 0.15) is 268 Å². The Hall–Kier alpha value is -2.81. The van der Waals surface area contributed by atoms with E-state index in [1.807, 2.05) is 0 Å². The zero-order valence-corrected chi connectivity index (χ0v) is 54.1. The highest BCUT2D eigenvalue weighted by molar-refractivity contribution is 5.74. The molecule has 14 heteroatoms. The fourth-order valence-electron chi connectivity index (χ4n) is 16.2. The number of unbranched alkanes of at least 4 members (excludes halogenated alkanes) is 6.